The molecule has 0 unspecified atom stereocenters. The molecule has 1 fully saturated rings. The average Bonchev–Trinajstić information content (AvgIpc) is 3.04. The summed E-state index contributed by atoms with van der Waals surface area (Å²) in [6, 6.07) is 2.60. The Morgan fingerprint density at radius 3 is 2.67 bits per heavy atom. The van der Waals surface area contributed by atoms with Gasteiger partial charge in [0.1, 0.15) is 0 Å². The summed E-state index contributed by atoms with van der Waals surface area (Å²) in [5.41, 5.74) is 3.20. The predicted molar refractivity (Wildman–Crippen MR) is 93.5 cm³/mol. The number of likely N-dealkylation sites (tertiary alicyclic amines) is 1. The predicted octanol–water partition coefficient (Wildman–Crippen LogP) is 1.75. The lowest BCUT2D eigenvalue weighted by molar-refractivity contribution is -0.130. The number of nitriles is 1. The van der Waals surface area contributed by atoms with Crippen molar-refractivity contribution < 1.29 is 4.79 Å². The van der Waals surface area contributed by atoms with Gasteiger partial charge in [0.05, 0.1) is 24.7 Å². The second kappa shape index (κ2) is 7.80. The van der Waals surface area contributed by atoms with Gasteiger partial charge in [-0.2, -0.15) is 10.4 Å². The lowest BCUT2D eigenvalue weighted by Crippen LogP contribution is -2.35. The molecule has 2 heterocycles. The Balaban J connectivity index is 1.95. The molecule has 1 amide bonds. The van der Waals surface area contributed by atoms with Gasteiger partial charge in [0.25, 0.3) is 0 Å². The summed E-state index contributed by atoms with van der Waals surface area (Å²) in [5.74, 6) is 0.746. The van der Waals surface area contributed by atoms with Gasteiger partial charge in [-0.15, -0.1) is 0 Å². The molecule has 1 saturated heterocycles. The van der Waals surface area contributed by atoms with Gasteiger partial charge in [-0.1, -0.05) is 6.92 Å². The molecule has 0 bridgehead atoms. The highest BCUT2D eigenvalue weighted by Gasteiger charge is 2.33. The molecule has 2 rings (SSSR count). The summed E-state index contributed by atoms with van der Waals surface area (Å²) in [6.45, 7) is 8.51. The number of carbonyl (C=O) groups excluding carboxylic acids is 1. The number of carbonyl (C=O) groups is 1. The maximum Gasteiger partial charge on any atom is 0.222 e. The molecule has 1 aliphatic heterocycles. The van der Waals surface area contributed by atoms with Crippen molar-refractivity contribution in [3.8, 4) is 6.07 Å². The first-order valence-corrected chi connectivity index (χ1v) is 8.69. The van der Waals surface area contributed by atoms with Crippen LogP contribution in [0, 0.1) is 31.1 Å². The van der Waals surface area contributed by atoms with E-state index in [2.05, 4.69) is 37.1 Å². The maximum absolute atomic E-state index is 12.6. The molecule has 0 saturated carbocycles. The Hall–Kier alpha value is -1.87. The zero-order chi connectivity index (χ0) is 17.9. The number of aryl methyl sites for hydroxylation is 2. The van der Waals surface area contributed by atoms with Crippen molar-refractivity contribution in [2.75, 3.05) is 27.2 Å². The van der Waals surface area contributed by atoms with Gasteiger partial charge in [-0.3, -0.25) is 9.48 Å². The Kier molecular flexibility index (Phi) is 6.00. The molecule has 2 atom stereocenters. The van der Waals surface area contributed by atoms with Gasteiger partial charge >= 0.3 is 0 Å². The molecule has 0 spiro atoms. The fourth-order valence-corrected chi connectivity index (χ4v) is 3.68. The third-order valence-corrected chi connectivity index (χ3v) is 5.14. The van der Waals surface area contributed by atoms with Crippen LogP contribution in [0.4, 0.5) is 0 Å². The summed E-state index contributed by atoms with van der Waals surface area (Å²) >= 11 is 0. The first kappa shape index (κ1) is 18.5. The van der Waals surface area contributed by atoms with Gasteiger partial charge in [0.15, 0.2) is 0 Å². The van der Waals surface area contributed by atoms with Crippen molar-refractivity contribution in [1.29, 1.82) is 5.26 Å². The molecule has 0 aromatic carbocycles. The molecule has 1 aromatic rings. The van der Waals surface area contributed by atoms with Crippen LogP contribution >= 0.6 is 0 Å². The summed E-state index contributed by atoms with van der Waals surface area (Å²) < 4.78 is 1.89. The summed E-state index contributed by atoms with van der Waals surface area (Å²) in [6.07, 6.45) is 1.71. The van der Waals surface area contributed by atoms with Crippen LogP contribution in [0.25, 0.3) is 0 Å². The van der Waals surface area contributed by atoms with Gasteiger partial charge < -0.3 is 9.80 Å². The van der Waals surface area contributed by atoms with Crippen LogP contribution < -0.4 is 0 Å². The molecule has 0 N–H and O–H groups in total. The Morgan fingerprint density at radius 1 is 1.38 bits per heavy atom. The number of amides is 1. The minimum atomic E-state index is 0.231. The van der Waals surface area contributed by atoms with Crippen molar-refractivity contribution in [2.24, 2.45) is 5.92 Å². The van der Waals surface area contributed by atoms with Crippen molar-refractivity contribution >= 4 is 5.91 Å². The van der Waals surface area contributed by atoms with E-state index in [0.717, 1.165) is 36.5 Å². The molecule has 132 valence electrons. The van der Waals surface area contributed by atoms with E-state index in [0.29, 0.717) is 31.3 Å². The van der Waals surface area contributed by atoms with Crippen LogP contribution in [-0.4, -0.2) is 58.7 Å². The van der Waals surface area contributed by atoms with E-state index >= 15 is 0 Å². The molecule has 24 heavy (non-hydrogen) atoms. The van der Waals surface area contributed by atoms with Crippen molar-refractivity contribution in [2.45, 2.75) is 52.6 Å². The third-order valence-electron chi connectivity index (χ3n) is 5.14. The van der Waals surface area contributed by atoms with Crippen LogP contribution in [0.2, 0.25) is 0 Å². The quantitative estimate of drug-likeness (QED) is 0.797. The number of nitrogens with zero attached hydrogens (tertiary/aromatic N) is 5. The lowest BCUT2D eigenvalue weighted by Gasteiger charge is -2.22. The number of aromatic nitrogens is 2. The van der Waals surface area contributed by atoms with E-state index in [1.54, 1.807) is 0 Å². The van der Waals surface area contributed by atoms with Gasteiger partial charge in [-0.25, -0.2) is 0 Å². The smallest absolute Gasteiger partial charge is 0.222 e. The number of likely N-dealkylation sites (N-methyl/N-ethyl adjacent to an activating group) is 1. The van der Waals surface area contributed by atoms with E-state index in [1.165, 1.54) is 0 Å². The van der Waals surface area contributed by atoms with Crippen LogP contribution in [0.15, 0.2) is 0 Å². The Bertz CT molecular complexity index is 628. The van der Waals surface area contributed by atoms with Crippen molar-refractivity contribution in [1.82, 2.24) is 19.6 Å². The second-order valence-corrected chi connectivity index (χ2v) is 7.09. The average molecular weight is 331 g/mol. The molecule has 1 aliphatic rings. The molecule has 6 heteroatoms. The molecule has 6 nitrogen and oxygen atoms in total. The molecule has 0 radical (unpaired) electrons. The maximum atomic E-state index is 12.6. The Labute approximate surface area is 145 Å². The zero-order valence-electron chi connectivity index (χ0n) is 15.5. The third kappa shape index (κ3) is 3.96. The van der Waals surface area contributed by atoms with Crippen molar-refractivity contribution in [3.05, 3.63) is 17.0 Å². The topological polar surface area (TPSA) is 65.2 Å². The standard InChI is InChI=1S/C18H29N5O/c1-13-11-22(12-17(13)21(4)5)18(24)8-7-16-14(2)20-23(15(16)3)10-6-9-19/h13,17H,6-8,10-12H2,1-5H3/t13-,17-/m0/s1. The molecule has 0 aliphatic carbocycles. The van der Waals surface area contributed by atoms with E-state index in [1.807, 2.05) is 23.4 Å². The van der Waals surface area contributed by atoms with Crippen molar-refractivity contribution in [3.63, 3.8) is 0 Å². The highest BCUT2D eigenvalue weighted by Crippen LogP contribution is 2.22. The van der Waals surface area contributed by atoms with E-state index < -0.39 is 0 Å². The highest BCUT2D eigenvalue weighted by molar-refractivity contribution is 5.77. The highest BCUT2D eigenvalue weighted by atomic mass is 16.2. The van der Waals surface area contributed by atoms with Crippen LogP contribution in [-0.2, 0) is 17.8 Å². The van der Waals surface area contributed by atoms with Gasteiger partial charge in [0, 0.05) is 31.2 Å². The fraction of sp³-hybridized carbons (Fsp3) is 0.722. The number of rotatable bonds is 6. The zero-order valence-corrected chi connectivity index (χ0v) is 15.5. The summed E-state index contributed by atoms with van der Waals surface area (Å²) in [5, 5.41) is 13.2. The summed E-state index contributed by atoms with van der Waals surface area (Å²) in [7, 11) is 4.16. The van der Waals surface area contributed by atoms with E-state index in [4.69, 9.17) is 5.26 Å². The van der Waals surface area contributed by atoms with Crippen LogP contribution in [0.1, 0.15) is 36.7 Å². The van der Waals surface area contributed by atoms with E-state index in [9.17, 15) is 4.79 Å². The van der Waals surface area contributed by atoms with Crippen LogP contribution in [0.3, 0.4) is 0 Å². The minimum absolute atomic E-state index is 0.231. The molecular formula is C18H29N5O. The fourth-order valence-electron chi connectivity index (χ4n) is 3.68. The first-order valence-electron chi connectivity index (χ1n) is 8.69. The van der Waals surface area contributed by atoms with E-state index in [-0.39, 0.29) is 5.91 Å². The lowest BCUT2D eigenvalue weighted by atomic mass is 10.1. The van der Waals surface area contributed by atoms with Crippen LogP contribution in [0.5, 0.6) is 0 Å². The SMILES string of the molecule is Cc1nn(CCC#N)c(C)c1CCC(=O)N1C[C@H](C)[C@@H](N(C)C)C1. The monoisotopic (exact) mass is 331 g/mol. The summed E-state index contributed by atoms with van der Waals surface area (Å²) in [4.78, 5) is 16.8. The molecular weight excluding hydrogens is 302 g/mol. The first-order chi connectivity index (χ1) is 11.3. The minimum Gasteiger partial charge on any atom is -0.341 e. The number of hydrogen-bond acceptors (Lipinski definition) is 4. The number of hydrogen-bond donors (Lipinski definition) is 0. The normalized spacial score (nSPS) is 20.6. The second-order valence-electron chi connectivity index (χ2n) is 7.09. The van der Waals surface area contributed by atoms with Gasteiger partial charge in [0.2, 0.25) is 5.91 Å². The molecule has 1 aromatic heterocycles. The van der Waals surface area contributed by atoms with Gasteiger partial charge in [-0.05, 0) is 45.8 Å². The Morgan fingerprint density at radius 2 is 2.08 bits per heavy atom. The largest absolute Gasteiger partial charge is 0.341 e.